The molecule has 0 saturated carbocycles. The average Bonchev–Trinajstić information content (AvgIpc) is 3.56. The van der Waals surface area contributed by atoms with Crippen LogP contribution in [0.1, 0.15) is 0 Å². The zero-order valence-electron chi connectivity index (χ0n) is 28.6. The number of hydrogen-bond acceptors (Lipinski definition) is 3. The maximum absolute atomic E-state index is 5.25. The molecule has 0 unspecified atom stereocenters. The molecule has 11 rings (SSSR count). The first-order valence-electron chi connectivity index (χ1n) is 17.9. The molecule has 0 aliphatic carbocycles. The number of nitrogens with zero attached hydrogens (tertiary/aromatic N) is 4. The summed E-state index contributed by atoms with van der Waals surface area (Å²) in [5.74, 6) is 1.92. The molecule has 0 radical (unpaired) electrons. The lowest BCUT2D eigenvalue weighted by molar-refractivity contribution is 1.07. The van der Waals surface area contributed by atoms with E-state index in [1.54, 1.807) is 0 Å². The largest absolute Gasteiger partial charge is 0.309 e. The molecule has 0 aliphatic rings. The van der Waals surface area contributed by atoms with Gasteiger partial charge in [0.25, 0.3) is 0 Å². The van der Waals surface area contributed by atoms with Gasteiger partial charge in [-0.05, 0) is 79.5 Å². The minimum Gasteiger partial charge on any atom is -0.309 e. The van der Waals surface area contributed by atoms with Gasteiger partial charge in [-0.2, -0.15) is 0 Å². The molecule has 246 valence electrons. The summed E-state index contributed by atoms with van der Waals surface area (Å²) < 4.78 is 2.39. The summed E-state index contributed by atoms with van der Waals surface area (Å²) in [7, 11) is 0. The lowest BCUT2D eigenvalue weighted by atomic mass is 9.97. The van der Waals surface area contributed by atoms with E-state index < -0.39 is 0 Å². The molecule has 4 heteroatoms. The third-order valence-electron chi connectivity index (χ3n) is 10.6. The first kappa shape index (κ1) is 29.5. The standard InChI is InChI=1S/C49H30N4/c1-2-14-32(15-3-1)47-50-48(52-49(51-47)42-29-35-18-7-8-21-38(35)40-23-10-11-24-41(40)42)36-19-12-20-37(27-36)53-44-26-25-31-13-6-9-22-39(31)46(44)43-28-33-16-4-5-17-34(33)30-45(43)53/h1-30H. The Balaban J connectivity index is 1.17. The van der Waals surface area contributed by atoms with Crippen LogP contribution in [-0.2, 0) is 0 Å². The predicted molar refractivity (Wildman–Crippen MR) is 220 cm³/mol. The van der Waals surface area contributed by atoms with Crippen LogP contribution in [0.3, 0.4) is 0 Å². The molecule has 0 spiro atoms. The van der Waals surface area contributed by atoms with Crippen LogP contribution >= 0.6 is 0 Å². The molecule has 53 heavy (non-hydrogen) atoms. The van der Waals surface area contributed by atoms with Crippen molar-refractivity contribution in [3.63, 3.8) is 0 Å². The smallest absolute Gasteiger partial charge is 0.164 e. The van der Waals surface area contributed by atoms with Gasteiger partial charge in [0.2, 0.25) is 0 Å². The Hall–Kier alpha value is -7.17. The summed E-state index contributed by atoms with van der Waals surface area (Å²) >= 11 is 0. The van der Waals surface area contributed by atoms with E-state index in [1.165, 1.54) is 43.1 Å². The highest BCUT2D eigenvalue weighted by Crippen LogP contribution is 2.40. The van der Waals surface area contributed by atoms with Crippen molar-refractivity contribution >= 4 is 64.9 Å². The highest BCUT2D eigenvalue weighted by Gasteiger charge is 2.19. The Morgan fingerprint density at radius 3 is 1.74 bits per heavy atom. The molecule has 9 aromatic carbocycles. The minimum atomic E-state index is 0.629. The molecule has 0 bridgehead atoms. The van der Waals surface area contributed by atoms with Crippen LogP contribution in [-0.4, -0.2) is 19.5 Å². The molecule has 0 amide bonds. The Bertz CT molecular complexity index is 3230. The van der Waals surface area contributed by atoms with Crippen LogP contribution in [0.4, 0.5) is 0 Å². The van der Waals surface area contributed by atoms with Gasteiger partial charge >= 0.3 is 0 Å². The molecule has 0 N–H and O–H groups in total. The van der Waals surface area contributed by atoms with E-state index in [0.717, 1.165) is 44.2 Å². The van der Waals surface area contributed by atoms with E-state index in [1.807, 2.05) is 18.2 Å². The predicted octanol–water partition coefficient (Wildman–Crippen LogP) is 12.6. The summed E-state index contributed by atoms with van der Waals surface area (Å²) in [4.78, 5) is 15.5. The van der Waals surface area contributed by atoms with Crippen molar-refractivity contribution < 1.29 is 0 Å². The van der Waals surface area contributed by atoms with Crippen LogP contribution in [0.2, 0.25) is 0 Å². The monoisotopic (exact) mass is 674 g/mol. The van der Waals surface area contributed by atoms with Crippen molar-refractivity contribution in [1.82, 2.24) is 19.5 Å². The third-order valence-corrected chi connectivity index (χ3v) is 10.6. The molecule has 0 atom stereocenters. The molecule has 11 aromatic rings. The van der Waals surface area contributed by atoms with Gasteiger partial charge in [0.15, 0.2) is 17.5 Å². The van der Waals surface area contributed by atoms with Crippen LogP contribution in [0.25, 0.3) is 105 Å². The van der Waals surface area contributed by atoms with E-state index in [9.17, 15) is 0 Å². The fourth-order valence-electron chi connectivity index (χ4n) is 8.12. The van der Waals surface area contributed by atoms with Crippen molar-refractivity contribution in [3.05, 3.63) is 182 Å². The zero-order chi connectivity index (χ0) is 34.9. The summed E-state index contributed by atoms with van der Waals surface area (Å²) in [6.45, 7) is 0. The maximum Gasteiger partial charge on any atom is 0.164 e. The second-order valence-electron chi connectivity index (χ2n) is 13.6. The zero-order valence-corrected chi connectivity index (χ0v) is 28.6. The van der Waals surface area contributed by atoms with Crippen molar-refractivity contribution in [2.45, 2.75) is 0 Å². The van der Waals surface area contributed by atoms with Crippen LogP contribution < -0.4 is 0 Å². The van der Waals surface area contributed by atoms with Crippen LogP contribution in [0, 0.1) is 0 Å². The topological polar surface area (TPSA) is 43.6 Å². The normalized spacial score (nSPS) is 11.8. The van der Waals surface area contributed by atoms with E-state index in [0.29, 0.717) is 17.5 Å². The SMILES string of the molecule is c1ccc(-c2nc(-c3cccc(-n4c5cc6ccccc6cc5c5c6ccccc6ccc54)c3)nc(-c3cc4ccccc4c4ccccc34)n2)cc1. The maximum atomic E-state index is 5.25. The molecule has 0 fully saturated rings. The fourth-order valence-corrected chi connectivity index (χ4v) is 8.12. The Morgan fingerprint density at radius 1 is 0.321 bits per heavy atom. The van der Waals surface area contributed by atoms with Gasteiger partial charge in [0, 0.05) is 33.2 Å². The molecule has 2 aromatic heterocycles. The summed E-state index contributed by atoms with van der Waals surface area (Å²) in [5.41, 5.74) is 6.22. The number of benzene rings is 9. The van der Waals surface area contributed by atoms with Gasteiger partial charge in [-0.25, -0.2) is 15.0 Å². The minimum absolute atomic E-state index is 0.629. The summed E-state index contributed by atoms with van der Waals surface area (Å²) in [5, 5.41) is 12.1. The van der Waals surface area contributed by atoms with E-state index >= 15 is 0 Å². The lowest BCUT2D eigenvalue weighted by Gasteiger charge is -2.13. The van der Waals surface area contributed by atoms with Crippen molar-refractivity contribution in [2.24, 2.45) is 0 Å². The Kier molecular flexibility index (Phi) is 6.52. The number of hydrogen-bond donors (Lipinski definition) is 0. The van der Waals surface area contributed by atoms with Gasteiger partial charge < -0.3 is 4.57 Å². The quantitative estimate of drug-likeness (QED) is 0.175. The van der Waals surface area contributed by atoms with E-state index in [-0.39, 0.29) is 0 Å². The van der Waals surface area contributed by atoms with Gasteiger partial charge in [-0.15, -0.1) is 0 Å². The van der Waals surface area contributed by atoms with E-state index in [4.69, 9.17) is 15.0 Å². The average molecular weight is 675 g/mol. The summed E-state index contributed by atoms with van der Waals surface area (Å²) in [6.07, 6.45) is 0. The highest BCUT2D eigenvalue weighted by molar-refractivity contribution is 6.23. The molecule has 0 saturated heterocycles. The van der Waals surface area contributed by atoms with Gasteiger partial charge in [0.1, 0.15) is 0 Å². The van der Waals surface area contributed by atoms with Gasteiger partial charge in [0.05, 0.1) is 11.0 Å². The van der Waals surface area contributed by atoms with Gasteiger partial charge in [-0.1, -0.05) is 146 Å². The summed E-state index contributed by atoms with van der Waals surface area (Å²) in [6, 6.07) is 64.5. The molecule has 2 heterocycles. The Morgan fingerprint density at radius 2 is 0.925 bits per heavy atom. The highest BCUT2D eigenvalue weighted by atomic mass is 15.0. The van der Waals surface area contributed by atoms with Crippen LogP contribution in [0.15, 0.2) is 182 Å². The second-order valence-corrected chi connectivity index (χ2v) is 13.6. The van der Waals surface area contributed by atoms with E-state index in [2.05, 4.69) is 168 Å². The fraction of sp³-hybridized carbons (Fsp3) is 0. The lowest BCUT2D eigenvalue weighted by Crippen LogP contribution is -2.01. The van der Waals surface area contributed by atoms with Crippen molar-refractivity contribution in [2.75, 3.05) is 0 Å². The molecular weight excluding hydrogens is 645 g/mol. The number of rotatable bonds is 4. The van der Waals surface area contributed by atoms with Crippen LogP contribution in [0.5, 0.6) is 0 Å². The second kappa shape index (κ2) is 11.7. The molecule has 4 nitrogen and oxygen atoms in total. The molecule has 0 aliphatic heterocycles. The van der Waals surface area contributed by atoms with Crippen molar-refractivity contribution in [3.8, 4) is 39.9 Å². The Labute approximate surface area is 305 Å². The number of fused-ring (bicyclic) bond motifs is 9. The van der Waals surface area contributed by atoms with Crippen molar-refractivity contribution in [1.29, 1.82) is 0 Å². The first-order chi connectivity index (χ1) is 26.3. The van der Waals surface area contributed by atoms with Gasteiger partial charge in [-0.3, -0.25) is 0 Å². The first-order valence-corrected chi connectivity index (χ1v) is 17.9. The third kappa shape index (κ3) is 4.73. The molecular formula is C49H30N4. The number of aromatic nitrogens is 4.